The largest absolute Gasteiger partial charge is 0.481 e. The first-order valence-electron chi connectivity index (χ1n) is 5.49. The molecule has 0 fully saturated rings. The summed E-state index contributed by atoms with van der Waals surface area (Å²) < 4.78 is 0. The molecule has 1 aromatic rings. The predicted molar refractivity (Wildman–Crippen MR) is 67.2 cm³/mol. The minimum Gasteiger partial charge on any atom is -0.481 e. The quantitative estimate of drug-likeness (QED) is 0.524. The van der Waals surface area contributed by atoms with E-state index in [1.807, 2.05) is 30.3 Å². The lowest BCUT2D eigenvalue weighted by Crippen LogP contribution is -2.26. The summed E-state index contributed by atoms with van der Waals surface area (Å²) in [5, 5.41) is 12.5. The fourth-order valence-electron chi connectivity index (χ4n) is 1.42. The van der Waals surface area contributed by atoms with E-state index in [2.05, 4.69) is 10.5 Å². The van der Waals surface area contributed by atoms with Crippen molar-refractivity contribution in [2.75, 3.05) is 0 Å². The summed E-state index contributed by atoms with van der Waals surface area (Å²) in [5.41, 5.74) is 8.54. The molecule has 6 heteroatoms. The lowest BCUT2D eigenvalue weighted by Gasteiger charge is -2.05. The molecule has 0 aliphatic carbocycles. The number of carboxylic acids is 1. The fraction of sp³-hybridized carbons (Fsp3) is 0.250. The summed E-state index contributed by atoms with van der Waals surface area (Å²) in [6.45, 7) is 0. The zero-order valence-corrected chi connectivity index (χ0v) is 9.80. The molecule has 1 aromatic carbocycles. The molecule has 0 aromatic heterocycles. The molecule has 0 saturated carbocycles. The molecule has 4 N–H and O–H groups in total. The van der Waals surface area contributed by atoms with Crippen LogP contribution >= 0.6 is 0 Å². The molecule has 96 valence electrons. The van der Waals surface area contributed by atoms with Crippen LogP contribution in [0.15, 0.2) is 35.4 Å². The normalized spacial score (nSPS) is 11.0. The van der Waals surface area contributed by atoms with Crippen molar-refractivity contribution in [1.82, 2.24) is 5.43 Å². The van der Waals surface area contributed by atoms with Crippen molar-refractivity contribution in [2.45, 2.75) is 19.3 Å². The fourth-order valence-corrected chi connectivity index (χ4v) is 1.42. The van der Waals surface area contributed by atoms with E-state index < -0.39 is 12.0 Å². The molecule has 2 amide bonds. The second-order valence-electron chi connectivity index (χ2n) is 3.65. The van der Waals surface area contributed by atoms with Crippen molar-refractivity contribution in [3.05, 3.63) is 35.9 Å². The van der Waals surface area contributed by atoms with Gasteiger partial charge in [-0.1, -0.05) is 30.3 Å². The van der Waals surface area contributed by atoms with Crippen LogP contribution < -0.4 is 11.2 Å². The van der Waals surface area contributed by atoms with E-state index >= 15 is 0 Å². The van der Waals surface area contributed by atoms with Crippen molar-refractivity contribution < 1.29 is 14.7 Å². The number of hydrazone groups is 1. The van der Waals surface area contributed by atoms with Crippen molar-refractivity contribution >= 4 is 17.7 Å². The molecule has 0 spiro atoms. The number of nitrogens with two attached hydrogens (primary N) is 1. The number of hydrogen-bond acceptors (Lipinski definition) is 3. The average molecular weight is 251 g/mol. The van der Waals surface area contributed by atoms with Gasteiger partial charge in [-0.05, 0) is 18.4 Å². The molecule has 0 unspecified atom stereocenters. The zero-order chi connectivity index (χ0) is 13.4. The lowest BCUT2D eigenvalue weighted by atomic mass is 10.3. The Kier molecular flexibility index (Phi) is 5.37. The maximum atomic E-state index is 10.6. The monoisotopic (exact) mass is 251 g/mol. The Hall–Kier alpha value is -2.37. The second-order valence-corrected chi connectivity index (χ2v) is 3.65. The second kappa shape index (κ2) is 7.05. The van der Waals surface area contributed by atoms with Gasteiger partial charge in [-0.25, -0.2) is 10.2 Å². The number of nitrogens with one attached hydrogen (secondary N) is 1. The highest BCUT2D eigenvalue weighted by Gasteiger charge is 2.05. The molecule has 0 aliphatic rings. The van der Waals surface area contributed by atoms with Crippen molar-refractivity contribution in [3.8, 4) is 0 Å². The van der Waals surface area contributed by atoms with Crippen LogP contribution in [0.25, 0.3) is 0 Å². The van der Waals surface area contributed by atoms with Gasteiger partial charge in [0.1, 0.15) is 0 Å². The third-order valence-corrected chi connectivity index (χ3v) is 2.21. The highest BCUT2D eigenvalue weighted by Crippen LogP contribution is 2.08. The predicted octanol–water partition coefficient (Wildman–Crippen LogP) is 1.31. The van der Waals surface area contributed by atoms with Crippen molar-refractivity contribution in [2.24, 2.45) is 10.8 Å². The Morgan fingerprint density at radius 1 is 1.33 bits per heavy atom. The van der Waals surface area contributed by atoms with Gasteiger partial charge in [0.2, 0.25) is 0 Å². The number of amides is 2. The Labute approximate surface area is 104 Å². The van der Waals surface area contributed by atoms with Crippen LogP contribution in [0.4, 0.5) is 4.79 Å². The standard InChI is InChI=1S/C12H15N3O3/c13-12(18)15-14-10(7-4-8-11(16)17)9-5-2-1-3-6-9/h1-3,5-6H,4,7-8H2,(H,16,17)(H3,13,15,18)/i10+2. The van der Waals surface area contributed by atoms with Crippen LogP contribution in [0, 0.1) is 0 Å². The summed E-state index contributed by atoms with van der Waals surface area (Å²) >= 11 is 0. The third-order valence-electron chi connectivity index (χ3n) is 2.21. The molecule has 0 heterocycles. The van der Waals surface area contributed by atoms with Gasteiger partial charge >= 0.3 is 12.0 Å². The molecule has 1 rings (SSSR count). The maximum absolute atomic E-state index is 10.6. The number of primary amides is 1. The van der Waals surface area contributed by atoms with E-state index in [9.17, 15) is 9.59 Å². The van der Waals surface area contributed by atoms with Crippen LogP contribution in [0.5, 0.6) is 0 Å². The molecule has 0 bridgehead atoms. The number of rotatable bonds is 6. The number of carbonyl (C=O) groups is 2. The van der Waals surface area contributed by atoms with Crippen LogP contribution in [-0.4, -0.2) is 22.8 Å². The van der Waals surface area contributed by atoms with Gasteiger partial charge in [-0.3, -0.25) is 4.79 Å². The van der Waals surface area contributed by atoms with Crippen LogP contribution in [0.1, 0.15) is 24.8 Å². The Morgan fingerprint density at radius 3 is 2.56 bits per heavy atom. The van der Waals surface area contributed by atoms with Crippen molar-refractivity contribution in [1.29, 1.82) is 0 Å². The maximum Gasteiger partial charge on any atom is 0.332 e. The number of carbonyl (C=O) groups excluding carboxylic acids is 1. The summed E-state index contributed by atoms with van der Waals surface area (Å²) in [6.07, 6.45) is 0.961. The lowest BCUT2D eigenvalue weighted by molar-refractivity contribution is -0.137. The van der Waals surface area contributed by atoms with E-state index in [-0.39, 0.29) is 6.42 Å². The van der Waals surface area contributed by atoms with Gasteiger partial charge in [0, 0.05) is 6.42 Å². The van der Waals surface area contributed by atoms with Gasteiger partial charge in [0.05, 0.1) is 5.71 Å². The van der Waals surface area contributed by atoms with Gasteiger partial charge in [0.25, 0.3) is 0 Å². The molecular formula is C12H15N3O3. The Balaban J connectivity index is 2.72. The van der Waals surface area contributed by atoms with E-state index in [1.165, 1.54) is 0 Å². The number of urea groups is 1. The number of benzene rings is 1. The highest BCUT2D eigenvalue weighted by atomic mass is 16.4. The molecule has 0 saturated heterocycles. The zero-order valence-electron chi connectivity index (χ0n) is 9.80. The van der Waals surface area contributed by atoms with Gasteiger partial charge in [-0.2, -0.15) is 5.10 Å². The van der Waals surface area contributed by atoms with Gasteiger partial charge < -0.3 is 10.8 Å². The van der Waals surface area contributed by atoms with E-state index in [0.29, 0.717) is 18.6 Å². The molecule has 0 atom stereocenters. The van der Waals surface area contributed by atoms with E-state index in [4.69, 9.17) is 10.8 Å². The molecule has 0 aliphatic heterocycles. The van der Waals surface area contributed by atoms with Gasteiger partial charge in [-0.15, -0.1) is 0 Å². The summed E-state index contributed by atoms with van der Waals surface area (Å²) in [4.78, 5) is 21.1. The van der Waals surface area contributed by atoms with Crippen LogP contribution in [-0.2, 0) is 4.79 Å². The first kappa shape index (κ1) is 13.7. The molecule has 18 heavy (non-hydrogen) atoms. The van der Waals surface area contributed by atoms with Crippen LogP contribution in [0.3, 0.4) is 0 Å². The summed E-state index contributed by atoms with van der Waals surface area (Å²) in [6, 6.07) is 8.46. The molecular weight excluding hydrogens is 236 g/mol. The van der Waals surface area contributed by atoms with Crippen molar-refractivity contribution in [3.63, 3.8) is 0 Å². The number of carboxylic acid groups (broad SMARTS) is 1. The summed E-state index contributed by atoms with van der Waals surface area (Å²) in [7, 11) is 0. The van der Waals surface area contributed by atoms with E-state index in [0.717, 1.165) is 5.56 Å². The van der Waals surface area contributed by atoms with Gasteiger partial charge in [0.15, 0.2) is 0 Å². The first-order valence-corrected chi connectivity index (χ1v) is 5.49. The topological polar surface area (TPSA) is 105 Å². The number of aliphatic carboxylic acids is 1. The highest BCUT2D eigenvalue weighted by molar-refractivity contribution is 6.01. The average Bonchev–Trinajstić information content (AvgIpc) is 2.34. The molecule has 6 nitrogen and oxygen atoms in total. The number of hydrogen-bond donors (Lipinski definition) is 3. The number of nitrogens with zero attached hydrogens (tertiary/aromatic N) is 1. The third kappa shape index (κ3) is 5.11. The van der Waals surface area contributed by atoms with Crippen LogP contribution in [0.2, 0.25) is 0 Å². The minimum absolute atomic E-state index is 0.0580. The Bertz CT molecular complexity index is 443. The SMILES string of the molecule is NC(=O)NN=[14C](CCCC(=O)O)c1ccccc1. The van der Waals surface area contributed by atoms with E-state index in [1.54, 1.807) is 0 Å². The summed E-state index contributed by atoms with van der Waals surface area (Å²) in [5.74, 6) is -0.856. The molecule has 0 radical (unpaired) electrons. The Morgan fingerprint density at radius 2 is 2.00 bits per heavy atom. The smallest absolute Gasteiger partial charge is 0.332 e. The first-order chi connectivity index (χ1) is 8.59. The minimum atomic E-state index is -0.856.